The van der Waals surface area contributed by atoms with Crippen LogP contribution in [0.4, 0.5) is 0 Å². The van der Waals surface area contributed by atoms with Gasteiger partial charge in [-0.25, -0.2) is 4.79 Å². The topological polar surface area (TPSA) is 77.8 Å². The van der Waals surface area contributed by atoms with E-state index in [1.54, 1.807) is 26.0 Å². The zero-order valence-electron chi connectivity index (χ0n) is 9.34. The molecule has 0 aromatic heterocycles. The molecular formula is C12H16O4. The second kappa shape index (κ2) is 4.63. The quantitative estimate of drug-likeness (QED) is 0.713. The molecule has 0 heterocycles. The molecule has 0 spiro atoms. The van der Waals surface area contributed by atoms with Crippen molar-refractivity contribution < 1.29 is 20.1 Å². The number of carboxylic acid groups (broad SMARTS) is 1. The summed E-state index contributed by atoms with van der Waals surface area (Å²) in [5, 5.41) is 27.5. The van der Waals surface area contributed by atoms with Crippen molar-refractivity contribution in [3.05, 3.63) is 35.4 Å². The monoisotopic (exact) mass is 224 g/mol. The van der Waals surface area contributed by atoms with E-state index in [1.807, 2.05) is 0 Å². The summed E-state index contributed by atoms with van der Waals surface area (Å²) in [4.78, 5) is 10.8. The van der Waals surface area contributed by atoms with E-state index in [0.29, 0.717) is 5.56 Å². The Morgan fingerprint density at radius 1 is 1.44 bits per heavy atom. The zero-order chi connectivity index (χ0) is 12.3. The van der Waals surface area contributed by atoms with Gasteiger partial charge in [0.1, 0.15) is 0 Å². The molecule has 0 fully saturated rings. The SMILES string of the molecule is CC(C)(c1cccc(C(=O)O)c1)C(O)CO. The smallest absolute Gasteiger partial charge is 0.335 e. The van der Waals surface area contributed by atoms with E-state index in [2.05, 4.69) is 0 Å². The number of hydrogen-bond donors (Lipinski definition) is 3. The number of carbonyl (C=O) groups is 1. The zero-order valence-corrected chi connectivity index (χ0v) is 9.34. The number of aliphatic hydroxyl groups is 2. The highest BCUT2D eigenvalue weighted by molar-refractivity contribution is 5.87. The van der Waals surface area contributed by atoms with Crippen LogP contribution in [0.15, 0.2) is 24.3 Å². The van der Waals surface area contributed by atoms with Gasteiger partial charge in [-0.3, -0.25) is 0 Å². The van der Waals surface area contributed by atoms with E-state index >= 15 is 0 Å². The van der Waals surface area contributed by atoms with Gasteiger partial charge in [-0.1, -0.05) is 26.0 Å². The number of benzene rings is 1. The van der Waals surface area contributed by atoms with E-state index in [0.717, 1.165) is 0 Å². The molecule has 4 nitrogen and oxygen atoms in total. The van der Waals surface area contributed by atoms with Crippen LogP contribution in [0.5, 0.6) is 0 Å². The number of carboxylic acids is 1. The van der Waals surface area contributed by atoms with Crippen molar-refractivity contribution in [1.82, 2.24) is 0 Å². The van der Waals surface area contributed by atoms with Gasteiger partial charge >= 0.3 is 5.97 Å². The van der Waals surface area contributed by atoms with Gasteiger partial charge in [0.25, 0.3) is 0 Å². The molecule has 16 heavy (non-hydrogen) atoms. The van der Waals surface area contributed by atoms with Crippen LogP contribution < -0.4 is 0 Å². The molecule has 0 bridgehead atoms. The predicted molar refractivity (Wildman–Crippen MR) is 59.5 cm³/mol. The van der Waals surface area contributed by atoms with Crippen molar-refractivity contribution in [2.75, 3.05) is 6.61 Å². The lowest BCUT2D eigenvalue weighted by molar-refractivity contribution is 0.0411. The average molecular weight is 224 g/mol. The van der Waals surface area contributed by atoms with Crippen LogP contribution >= 0.6 is 0 Å². The lowest BCUT2D eigenvalue weighted by Gasteiger charge is -2.30. The predicted octanol–water partition coefficient (Wildman–Crippen LogP) is 1.02. The highest BCUT2D eigenvalue weighted by Crippen LogP contribution is 2.27. The van der Waals surface area contributed by atoms with Crippen molar-refractivity contribution >= 4 is 5.97 Å². The molecule has 1 atom stereocenters. The van der Waals surface area contributed by atoms with E-state index in [1.165, 1.54) is 12.1 Å². The van der Waals surface area contributed by atoms with Crippen LogP contribution in [-0.2, 0) is 5.41 Å². The maximum Gasteiger partial charge on any atom is 0.335 e. The lowest BCUT2D eigenvalue weighted by Crippen LogP contribution is -2.36. The third-order valence-corrected chi connectivity index (χ3v) is 2.86. The minimum atomic E-state index is -1.00. The van der Waals surface area contributed by atoms with Crippen molar-refractivity contribution in [3.63, 3.8) is 0 Å². The molecule has 1 unspecified atom stereocenters. The number of hydrogen-bond acceptors (Lipinski definition) is 3. The lowest BCUT2D eigenvalue weighted by atomic mass is 9.79. The molecule has 4 heteroatoms. The summed E-state index contributed by atoms with van der Waals surface area (Å²) in [7, 11) is 0. The number of aromatic carboxylic acids is 1. The Morgan fingerprint density at radius 2 is 2.06 bits per heavy atom. The Labute approximate surface area is 94.2 Å². The number of rotatable bonds is 4. The van der Waals surface area contributed by atoms with E-state index in [-0.39, 0.29) is 12.2 Å². The first kappa shape index (κ1) is 12.7. The highest BCUT2D eigenvalue weighted by atomic mass is 16.4. The van der Waals surface area contributed by atoms with Crippen molar-refractivity contribution in [3.8, 4) is 0 Å². The van der Waals surface area contributed by atoms with E-state index < -0.39 is 17.5 Å². The third-order valence-electron chi connectivity index (χ3n) is 2.86. The van der Waals surface area contributed by atoms with Gasteiger partial charge in [-0.05, 0) is 17.7 Å². The molecule has 3 N–H and O–H groups in total. The van der Waals surface area contributed by atoms with E-state index in [9.17, 15) is 9.90 Å². The standard InChI is InChI=1S/C12H16O4/c1-12(2,10(14)7-13)9-5-3-4-8(6-9)11(15)16/h3-6,10,13-14H,7H2,1-2H3,(H,15,16). The molecule has 0 aliphatic carbocycles. The van der Waals surface area contributed by atoms with Crippen LogP contribution in [0.1, 0.15) is 29.8 Å². The Hall–Kier alpha value is -1.39. The van der Waals surface area contributed by atoms with Crippen LogP contribution in [0, 0.1) is 0 Å². The Morgan fingerprint density at radius 3 is 2.56 bits per heavy atom. The minimum Gasteiger partial charge on any atom is -0.478 e. The second-order valence-corrected chi connectivity index (χ2v) is 4.31. The maximum atomic E-state index is 10.8. The van der Waals surface area contributed by atoms with Crippen LogP contribution in [-0.4, -0.2) is 34.0 Å². The average Bonchev–Trinajstić information content (AvgIpc) is 2.28. The summed E-state index contributed by atoms with van der Waals surface area (Å²) < 4.78 is 0. The Bertz CT molecular complexity index is 384. The molecule has 0 saturated carbocycles. The summed E-state index contributed by atoms with van der Waals surface area (Å²) >= 11 is 0. The normalized spacial score (nSPS) is 13.5. The van der Waals surface area contributed by atoms with Crippen molar-refractivity contribution in [2.45, 2.75) is 25.4 Å². The first-order valence-corrected chi connectivity index (χ1v) is 5.02. The fourth-order valence-corrected chi connectivity index (χ4v) is 1.47. The van der Waals surface area contributed by atoms with Crippen molar-refractivity contribution in [1.29, 1.82) is 0 Å². The van der Waals surface area contributed by atoms with Crippen molar-refractivity contribution in [2.24, 2.45) is 0 Å². The summed E-state index contributed by atoms with van der Waals surface area (Å²) in [6, 6.07) is 6.38. The van der Waals surface area contributed by atoms with E-state index in [4.69, 9.17) is 10.2 Å². The molecule has 1 aromatic carbocycles. The summed E-state index contributed by atoms with van der Waals surface area (Å²) in [5.74, 6) is -1.00. The molecular weight excluding hydrogens is 208 g/mol. The molecule has 0 amide bonds. The van der Waals surface area contributed by atoms with Gasteiger partial charge < -0.3 is 15.3 Å². The molecule has 88 valence electrons. The molecule has 1 aromatic rings. The fraction of sp³-hybridized carbons (Fsp3) is 0.417. The molecule has 0 aliphatic heterocycles. The summed E-state index contributed by atoms with van der Waals surface area (Å²) in [6.07, 6.45) is -0.920. The maximum absolute atomic E-state index is 10.8. The largest absolute Gasteiger partial charge is 0.478 e. The fourth-order valence-electron chi connectivity index (χ4n) is 1.47. The summed E-state index contributed by atoms with van der Waals surface area (Å²) in [6.45, 7) is 3.16. The van der Waals surface area contributed by atoms with Gasteiger partial charge in [0.15, 0.2) is 0 Å². The Kier molecular flexibility index (Phi) is 3.67. The summed E-state index contributed by atoms with van der Waals surface area (Å²) in [5.41, 5.74) is 0.185. The second-order valence-electron chi connectivity index (χ2n) is 4.31. The van der Waals surface area contributed by atoms with Gasteiger partial charge in [0, 0.05) is 5.41 Å². The van der Waals surface area contributed by atoms with Gasteiger partial charge in [-0.2, -0.15) is 0 Å². The first-order valence-electron chi connectivity index (χ1n) is 5.02. The minimum absolute atomic E-state index is 0.177. The molecule has 0 saturated heterocycles. The third kappa shape index (κ3) is 2.40. The highest BCUT2D eigenvalue weighted by Gasteiger charge is 2.29. The van der Waals surface area contributed by atoms with Gasteiger partial charge in [0.05, 0.1) is 18.3 Å². The van der Waals surface area contributed by atoms with Gasteiger partial charge in [-0.15, -0.1) is 0 Å². The van der Waals surface area contributed by atoms with Crippen LogP contribution in [0.3, 0.4) is 0 Å². The molecule has 1 rings (SSSR count). The Balaban J connectivity index is 3.13. The molecule has 0 aliphatic rings. The van der Waals surface area contributed by atoms with Crippen LogP contribution in [0.25, 0.3) is 0 Å². The molecule has 0 radical (unpaired) electrons. The first-order chi connectivity index (χ1) is 7.39. The number of aliphatic hydroxyl groups excluding tert-OH is 2. The van der Waals surface area contributed by atoms with Gasteiger partial charge in [0.2, 0.25) is 0 Å². The van der Waals surface area contributed by atoms with Crippen LogP contribution in [0.2, 0.25) is 0 Å².